The molecule has 106 valence electrons. The topological polar surface area (TPSA) is 46.6 Å². The number of esters is 1. The van der Waals surface area contributed by atoms with Crippen LogP contribution in [0.3, 0.4) is 0 Å². The lowest BCUT2D eigenvalue weighted by Crippen LogP contribution is -2.39. The first-order valence-corrected chi connectivity index (χ1v) is 6.67. The van der Waals surface area contributed by atoms with Gasteiger partial charge in [-0.15, -0.1) is 0 Å². The summed E-state index contributed by atoms with van der Waals surface area (Å²) in [4.78, 5) is 24.5. The second-order valence-electron chi connectivity index (χ2n) is 4.97. The van der Waals surface area contributed by atoms with E-state index in [-0.39, 0.29) is 0 Å². The molecule has 0 aliphatic carbocycles. The number of amides is 1. The Hall–Kier alpha value is -2.10. The van der Waals surface area contributed by atoms with Gasteiger partial charge in [0.25, 0.3) is 0 Å². The van der Waals surface area contributed by atoms with Crippen LogP contribution >= 0.6 is 0 Å². The van der Waals surface area contributed by atoms with Crippen LogP contribution in [0.5, 0.6) is 0 Å². The third-order valence-electron chi connectivity index (χ3n) is 3.81. The number of benzene rings is 1. The Morgan fingerprint density at radius 1 is 1.25 bits per heavy atom. The molecule has 0 radical (unpaired) electrons. The Morgan fingerprint density at radius 3 is 2.60 bits per heavy atom. The van der Waals surface area contributed by atoms with E-state index >= 15 is 0 Å². The minimum Gasteiger partial charge on any atom is -0.462 e. The molecule has 0 atom stereocenters. The van der Waals surface area contributed by atoms with Crippen molar-refractivity contribution < 1.29 is 14.3 Å². The molecule has 0 N–H and O–H groups in total. The van der Waals surface area contributed by atoms with Crippen molar-refractivity contribution in [3.8, 4) is 0 Å². The Kier molecular flexibility index (Phi) is 4.23. The van der Waals surface area contributed by atoms with Crippen molar-refractivity contribution in [3.63, 3.8) is 0 Å². The average Bonchev–Trinajstić information content (AvgIpc) is 2.48. The second kappa shape index (κ2) is 5.90. The number of hydrogen-bond acceptors (Lipinski definition) is 3. The van der Waals surface area contributed by atoms with Gasteiger partial charge in [0.2, 0.25) is 0 Å². The van der Waals surface area contributed by atoms with E-state index in [0.29, 0.717) is 13.1 Å². The van der Waals surface area contributed by atoms with Crippen LogP contribution in [0.15, 0.2) is 24.3 Å². The number of carbonyl (C=O) groups excluding carboxylic acids is 2. The van der Waals surface area contributed by atoms with E-state index in [1.807, 2.05) is 12.1 Å². The highest BCUT2D eigenvalue weighted by atomic mass is 16.5. The SMILES string of the molecule is COC(=O)C(=O)N1CC=C(c2cccc(C)c2C)CC1. The van der Waals surface area contributed by atoms with Gasteiger partial charge in [-0.1, -0.05) is 24.3 Å². The largest absolute Gasteiger partial charge is 0.462 e. The lowest BCUT2D eigenvalue weighted by Gasteiger charge is -2.26. The molecular weight excluding hydrogens is 254 g/mol. The fourth-order valence-electron chi connectivity index (χ4n) is 2.41. The monoisotopic (exact) mass is 273 g/mol. The van der Waals surface area contributed by atoms with Crippen LogP contribution in [-0.4, -0.2) is 37.0 Å². The summed E-state index contributed by atoms with van der Waals surface area (Å²) in [6.45, 7) is 5.20. The summed E-state index contributed by atoms with van der Waals surface area (Å²) in [7, 11) is 1.22. The van der Waals surface area contributed by atoms with Crippen molar-refractivity contribution in [3.05, 3.63) is 41.0 Å². The number of nitrogens with zero attached hydrogens (tertiary/aromatic N) is 1. The summed E-state index contributed by atoms with van der Waals surface area (Å²) in [6.07, 6.45) is 2.78. The van der Waals surface area contributed by atoms with E-state index in [1.165, 1.54) is 34.3 Å². The van der Waals surface area contributed by atoms with Gasteiger partial charge in [0.05, 0.1) is 7.11 Å². The highest BCUT2D eigenvalue weighted by molar-refractivity contribution is 6.32. The van der Waals surface area contributed by atoms with E-state index in [0.717, 1.165) is 6.42 Å². The molecule has 1 aliphatic heterocycles. The highest BCUT2D eigenvalue weighted by Gasteiger charge is 2.24. The molecule has 4 nitrogen and oxygen atoms in total. The van der Waals surface area contributed by atoms with Crippen LogP contribution in [-0.2, 0) is 14.3 Å². The number of hydrogen-bond donors (Lipinski definition) is 0. The summed E-state index contributed by atoms with van der Waals surface area (Å²) in [5, 5.41) is 0. The predicted octanol–water partition coefficient (Wildman–Crippen LogP) is 2.09. The molecule has 20 heavy (non-hydrogen) atoms. The molecule has 0 saturated carbocycles. The first-order chi connectivity index (χ1) is 9.54. The summed E-state index contributed by atoms with van der Waals surface area (Å²) >= 11 is 0. The summed E-state index contributed by atoms with van der Waals surface area (Å²) < 4.78 is 4.46. The molecule has 0 spiro atoms. The van der Waals surface area contributed by atoms with Gasteiger partial charge in [-0.2, -0.15) is 0 Å². The van der Waals surface area contributed by atoms with Crippen LogP contribution in [0.4, 0.5) is 0 Å². The van der Waals surface area contributed by atoms with Gasteiger partial charge in [0.1, 0.15) is 0 Å². The van der Waals surface area contributed by atoms with E-state index in [4.69, 9.17) is 0 Å². The van der Waals surface area contributed by atoms with E-state index in [9.17, 15) is 9.59 Å². The number of methoxy groups -OCH3 is 1. The van der Waals surface area contributed by atoms with Gasteiger partial charge < -0.3 is 9.64 Å². The van der Waals surface area contributed by atoms with E-state index < -0.39 is 11.9 Å². The van der Waals surface area contributed by atoms with Gasteiger partial charge in [-0.05, 0) is 42.5 Å². The minimum atomic E-state index is -0.798. The standard InChI is InChI=1S/C16H19NO3/c1-11-5-4-6-14(12(11)2)13-7-9-17(10-8-13)15(18)16(19)20-3/h4-7H,8-10H2,1-3H3. The first kappa shape index (κ1) is 14.3. The van der Waals surface area contributed by atoms with Crippen molar-refractivity contribution in [2.75, 3.05) is 20.2 Å². The molecule has 0 aromatic heterocycles. The normalized spacial score (nSPS) is 14.8. The van der Waals surface area contributed by atoms with Gasteiger partial charge in [-0.3, -0.25) is 4.79 Å². The van der Waals surface area contributed by atoms with Crippen LogP contribution in [0, 0.1) is 13.8 Å². The second-order valence-corrected chi connectivity index (χ2v) is 4.97. The molecule has 0 fully saturated rings. The molecule has 1 heterocycles. The van der Waals surface area contributed by atoms with Crippen LogP contribution < -0.4 is 0 Å². The first-order valence-electron chi connectivity index (χ1n) is 6.67. The molecule has 4 heteroatoms. The lowest BCUT2D eigenvalue weighted by molar-refractivity contribution is -0.157. The molecule has 2 rings (SSSR count). The van der Waals surface area contributed by atoms with Gasteiger partial charge in [0, 0.05) is 13.1 Å². The predicted molar refractivity (Wildman–Crippen MR) is 77.1 cm³/mol. The van der Waals surface area contributed by atoms with E-state index in [2.05, 4.69) is 30.7 Å². The Morgan fingerprint density at radius 2 is 2.00 bits per heavy atom. The van der Waals surface area contributed by atoms with Gasteiger partial charge in [-0.25, -0.2) is 4.79 Å². The summed E-state index contributed by atoms with van der Waals surface area (Å²) in [5.74, 6) is -1.36. The Balaban J connectivity index is 2.15. The van der Waals surface area contributed by atoms with Crippen LogP contribution in [0.25, 0.3) is 5.57 Å². The zero-order valence-corrected chi connectivity index (χ0v) is 12.1. The number of rotatable bonds is 1. The van der Waals surface area contributed by atoms with E-state index in [1.54, 1.807) is 0 Å². The molecule has 0 saturated heterocycles. The Bertz CT molecular complexity index is 575. The minimum absolute atomic E-state index is 0.455. The maximum atomic E-state index is 11.7. The maximum absolute atomic E-state index is 11.7. The van der Waals surface area contributed by atoms with Crippen molar-refractivity contribution in [2.24, 2.45) is 0 Å². The van der Waals surface area contributed by atoms with Crippen molar-refractivity contribution in [1.29, 1.82) is 0 Å². The molecule has 1 aliphatic rings. The summed E-state index contributed by atoms with van der Waals surface area (Å²) in [6, 6.07) is 6.24. The molecule has 1 aromatic carbocycles. The van der Waals surface area contributed by atoms with Crippen molar-refractivity contribution in [1.82, 2.24) is 4.90 Å². The quantitative estimate of drug-likeness (QED) is 0.581. The fourth-order valence-corrected chi connectivity index (χ4v) is 2.41. The fraction of sp³-hybridized carbons (Fsp3) is 0.375. The number of aryl methyl sites for hydroxylation is 1. The zero-order valence-electron chi connectivity index (χ0n) is 12.1. The van der Waals surface area contributed by atoms with Crippen LogP contribution in [0.2, 0.25) is 0 Å². The molecular formula is C16H19NO3. The molecule has 1 aromatic rings. The third kappa shape index (κ3) is 2.74. The third-order valence-corrected chi connectivity index (χ3v) is 3.81. The number of ether oxygens (including phenoxy) is 1. The van der Waals surface area contributed by atoms with Gasteiger partial charge >= 0.3 is 11.9 Å². The lowest BCUT2D eigenvalue weighted by atomic mass is 9.93. The molecule has 0 bridgehead atoms. The molecule has 1 amide bonds. The smallest absolute Gasteiger partial charge is 0.396 e. The maximum Gasteiger partial charge on any atom is 0.396 e. The van der Waals surface area contributed by atoms with Gasteiger partial charge in [0.15, 0.2) is 0 Å². The van der Waals surface area contributed by atoms with Crippen molar-refractivity contribution in [2.45, 2.75) is 20.3 Å². The average molecular weight is 273 g/mol. The zero-order chi connectivity index (χ0) is 14.7. The van der Waals surface area contributed by atoms with Crippen molar-refractivity contribution >= 4 is 17.4 Å². The Labute approximate surface area is 119 Å². The highest BCUT2D eigenvalue weighted by Crippen LogP contribution is 2.26. The molecule has 0 unspecified atom stereocenters. The number of carbonyl (C=O) groups is 2. The van der Waals surface area contributed by atoms with Crippen LogP contribution in [0.1, 0.15) is 23.1 Å². The summed E-state index contributed by atoms with van der Waals surface area (Å²) in [5.41, 5.74) is 5.00.